The van der Waals surface area contributed by atoms with Gasteiger partial charge in [-0.15, -0.1) is 0 Å². The Morgan fingerprint density at radius 2 is 1.91 bits per heavy atom. The molecule has 3 rings (SSSR count). The highest BCUT2D eigenvalue weighted by Gasteiger charge is 2.09. The van der Waals surface area contributed by atoms with Crippen molar-refractivity contribution < 1.29 is 9.15 Å². The number of hydrogen-bond donors (Lipinski definition) is 1. The Bertz CT molecular complexity index is 855. The van der Waals surface area contributed by atoms with Crippen LogP contribution >= 0.6 is 0 Å². The lowest BCUT2D eigenvalue weighted by Crippen LogP contribution is -2.19. The molecule has 1 N–H and O–H groups in total. The highest BCUT2D eigenvalue weighted by atomic mass is 16.5. The maximum Gasteiger partial charge on any atom is 0.336 e. The third-order valence-corrected chi connectivity index (χ3v) is 3.94. The zero-order valence-corrected chi connectivity index (χ0v) is 13.2. The molecule has 0 aliphatic rings. The largest absolute Gasteiger partial charge is 0.497 e. The van der Waals surface area contributed by atoms with E-state index in [4.69, 9.17) is 9.15 Å². The molecule has 1 atom stereocenters. The van der Waals surface area contributed by atoms with Gasteiger partial charge in [0, 0.05) is 30.1 Å². The van der Waals surface area contributed by atoms with Crippen molar-refractivity contribution in [2.75, 3.05) is 7.11 Å². The van der Waals surface area contributed by atoms with Crippen LogP contribution in [-0.2, 0) is 6.54 Å². The molecule has 23 heavy (non-hydrogen) atoms. The molecular weight excluding hydrogens is 290 g/mol. The van der Waals surface area contributed by atoms with Crippen LogP contribution in [0.5, 0.6) is 5.75 Å². The van der Waals surface area contributed by atoms with Crippen molar-refractivity contribution in [3.05, 3.63) is 76.1 Å². The standard InChI is InChI=1S/C19H19NO3/c1-13(14-6-4-3-5-7-14)20-12-15-10-19(21)23-18-11-16(22-2)8-9-17(15)18/h3-11,13,20H,12H2,1-2H3/t13-/m1/s1. The molecule has 4 heteroatoms. The number of nitrogens with one attached hydrogen (secondary N) is 1. The van der Waals surface area contributed by atoms with Crippen LogP contribution in [0, 0.1) is 0 Å². The fourth-order valence-electron chi connectivity index (χ4n) is 2.61. The van der Waals surface area contributed by atoms with E-state index in [0.717, 1.165) is 10.9 Å². The zero-order chi connectivity index (χ0) is 16.2. The van der Waals surface area contributed by atoms with E-state index in [-0.39, 0.29) is 11.7 Å². The second-order valence-electron chi connectivity index (χ2n) is 5.47. The van der Waals surface area contributed by atoms with Crippen molar-refractivity contribution in [3.8, 4) is 5.75 Å². The Hall–Kier alpha value is -2.59. The molecule has 0 unspecified atom stereocenters. The molecule has 0 fully saturated rings. The Balaban J connectivity index is 1.86. The first-order chi connectivity index (χ1) is 11.2. The first-order valence-electron chi connectivity index (χ1n) is 7.56. The van der Waals surface area contributed by atoms with Crippen molar-refractivity contribution in [3.63, 3.8) is 0 Å². The molecule has 1 heterocycles. The van der Waals surface area contributed by atoms with E-state index in [1.807, 2.05) is 30.3 Å². The fraction of sp³-hybridized carbons (Fsp3) is 0.211. The fourth-order valence-corrected chi connectivity index (χ4v) is 2.61. The number of methoxy groups -OCH3 is 1. The Morgan fingerprint density at radius 1 is 1.13 bits per heavy atom. The third kappa shape index (κ3) is 3.43. The summed E-state index contributed by atoms with van der Waals surface area (Å²) in [5, 5.41) is 4.37. The highest BCUT2D eigenvalue weighted by molar-refractivity contribution is 5.81. The van der Waals surface area contributed by atoms with E-state index >= 15 is 0 Å². The minimum Gasteiger partial charge on any atom is -0.497 e. The predicted molar refractivity (Wildman–Crippen MR) is 90.7 cm³/mol. The van der Waals surface area contributed by atoms with Gasteiger partial charge in [0.25, 0.3) is 0 Å². The zero-order valence-electron chi connectivity index (χ0n) is 13.2. The van der Waals surface area contributed by atoms with Crippen LogP contribution in [0.3, 0.4) is 0 Å². The Labute approximate surface area is 134 Å². The first kappa shape index (κ1) is 15.3. The lowest BCUT2D eigenvalue weighted by atomic mass is 10.1. The maximum absolute atomic E-state index is 11.8. The van der Waals surface area contributed by atoms with Gasteiger partial charge in [-0.3, -0.25) is 0 Å². The quantitative estimate of drug-likeness (QED) is 0.731. The third-order valence-electron chi connectivity index (χ3n) is 3.94. The molecule has 118 valence electrons. The molecule has 0 saturated carbocycles. The summed E-state index contributed by atoms with van der Waals surface area (Å²) in [7, 11) is 1.59. The summed E-state index contributed by atoms with van der Waals surface area (Å²) in [6.45, 7) is 2.69. The highest BCUT2D eigenvalue weighted by Crippen LogP contribution is 2.23. The van der Waals surface area contributed by atoms with Crippen LogP contribution in [-0.4, -0.2) is 7.11 Å². The van der Waals surface area contributed by atoms with Gasteiger partial charge in [-0.05, 0) is 30.2 Å². The molecule has 0 aliphatic heterocycles. The maximum atomic E-state index is 11.8. The van der Waals surface area contributed by atoms with Crippen LogP contribution in [0.2, 0.25) is 0 Å². The summed E-state index contributed by atoms with van der Waals surface area (Å²) in [6.07, 6.45) is 0. The van der Waals surface area contributed by atoms with Crippen LogP contribution in [0.4, 0.5) is 0 Å². The van der Waals surface area contributed by atoms with E-state index in [2.05, 4.69) is 24.4 Å². The van der Waals surface area contributed by atoms with Crippen molar-refractivity contribution >= 4 is 11.0 Å². The first-order valence-corrected chi connectivity index (χ1v) is 7.56. The molecule has 1 aromatic heterocycles. The number of rotatable bonds is 5. The lowest BCUT2D eigenvalue weighted by Gasteiger charge is -2.15. The van der Waals surface area contributed by atoms with Crippen molar-refractivity contribution in [1.82, 2.24) is 5.32 Å². The molecule has 0 amide bonds. The number of benzene rings is 2. The summed E-state index contributed by atoms with van der Waals surface area (Å²) < 4.78 is 10.5. The summed E-state index contributed by atoms with van der Waals surface area (Å²) in [5.41, 5.74) is 2.32. The number of hydrogen-bond acceptors (Lipinski definition) is 4. The molecular formula is C19H19NO3. The van der Waals surface area contributed by atoms with Gasteiger partial charge in [-0.2, -0.15) is 0 Å². The van der Waals surface area contributed by atoms with Gasteiger partial charge in [0.2, 0.25) is 0 Å². The molecule has 0 aliphatic carbocycles. The minimum atomic E-state index is -0.352. The van der Waals surface area contributed by atoms with Crippen molar-refractivity contribution in [1.29, 1.82) is 0 Å². The number of fused-ring (bicyclic) bond motifs is 1. The van der Waals surface area contributed by atoms with E-state index < -0.39 is 0 Å². The van der Waals surface area contributed by atoms with Gasteiger partial charge in [0.15, 0.2) is 0 Å². The van der Waals surface area contributed by atoms with E-state index in [0.29, 0.717) is 17.9 Å². The van der Waals surface area contributed by atoms with Crippen LogP contribution in [0.1, 0.15) is 24.1 Å². The van der Waals surface area contributed by atoms with Crippen LogP contribution in [0.25, 0.3) is 11.0 Å². The second-order valence-corrected chi connectivity index (χ2v) is 5.47. The van der Waals surface area contributed by atoms with Gasteiger partial charge in [0.1, 0.15) is 11.3 Å². The molecule has 4 nitrogen and oxygen atoms in total. The topological polar surface area (TPSA) is 51.5 Å². The van der Waals surface area contributed by atoms with Gasteiger partial charge in [-0.25, -0.2) is 4.79 Å². The smallest absolute Gasteiger partial charge is 0.336 e. The summed E-state index contributed by atoms with van der Waals surface area (Å²) >= 11 is 0. The summed E-state index contributed by atoms with van der Waals surface area (Å²) in [4.78, 5) is 11.8. The predicted octanol–water partition coefficient (Wildman–Crippen LogP) is 3.65. The van der Waals surface area contributed by atoms with Gasteiger partial charge in [0.05, 0.1) is 7.11 Å². The summed E-state index contributed by atoms with van der Waals surface area (Å²) in [6, 6.07) is 17.5. The molecule has 0 radical (unpaired) electrons. The van der Waals surface area contributed by atoms with E-state index in [9.17, 15) is 4.79 Å². The van der Waals surface area contributed by atoms with Crippen molar-refractivity contribution in [2.24, 2.45) is 0 Å². The van der Waals surface area contributed by atoms with Gasteiger partial charge < -0.3 is 14.5 Å². The molecule has 0 saturated heterocycles. The van der Waals surface area contributed by atoms with Gasteiger partial charge >= 0.3 is 5.63 Å². The molecule has 0 spiro atoms. The average molecular weight is 309 g/mol. The monoisotopic (exact) mass is 309 g/mol. The van der Waals surface area contributed by atoms with Crippen LogP contribution < -0.4 is 15.7 Å². The Morgan fingerprint density at radius 3 is 2.65 bits per heavy atom. The molecule has 0 bridgehead atoms. The van der Waals surface area contributed by atoms with Gasteiger partial charge in [-0.1, -0.05) is 30.3 Å². The van der Waals surface area contributed by atoms with Crippen LogP contribution in [0.15, 0.2) is 63.8 Å². The second kappa shape index (κ2) is 6.67. The average Bonchev–Trinajstić information content (AvgIpc) is 2.59. The SMILES string of the molecule is COc1ccc2c(CN[C@H](C)c3ccccc3)cc(=O)oc2c1. The normalized spacial score (nSPS) is 12.3. The molecule has 3 aromatic rings. The minimum absolute atomic E-state index is 0.191. The molecule has 2 aromatic carbocycles. The Kier molecular flexibility index (Phi) is 4.44. The van der Waals surface area contributed by atoms with E-state index in [1.54, 1.807) is 19.2 Å². The lowest BCUT2D eigenvalue weighted by molar-refractivity contribution is 0.414. The number of ether oxygens (including phenoxy) is 1. The summed E-state index contributed by atoms with van der Waals surface area (Å²) in [5.74, 6) is 0.670. The van der Waals surface area contributed by atoms with Crippen molar-refractivity contribution in [2.45, 2.75) is 19.5 Å². The van der Waals surface area contributed by atoms with E-state index in [1.165, 1.54) is 5.56 Å².